The highest BCUT2D eigenvalue weighted by Crippen LogP contribution is 2.67. The largest absolute Gasteiger partial charge is 1.00 e. The average Bonchev–Trinajstić information content (AvgIpc) is 3.50. The summed E-state index contributed by atoms with van der Waals surface area (Å²) >= 11 is 0. The second kappa shape index (κ2) is 12.8. The van der Waals surface area contributed by atoms with Crippen LogP contribution in [0.2, 0.25) is 0 Å². The molecule has 6 aliphatic rings. The zero-order valence-corrected chi connectivity index (χ0v) is 29.6. The number of hydrogen-bond acceptors (Lipinski definition) is 7. The second-order valence-corrected chi connectivity index (χ2v) is 16.2. The third-order valence-electron chi connectivity index (χ3n) is 13.9. The molecule has 9 heteroatoms. The lowest BCUT2D eigenvalue weighted by atomic mass is 9.44. The lowest BCUT2D eigenvalue weighted by Gasteiger charge is -2.62. The molecule has 4 aliphatic carbocycles. The molecule has 44 heavy (non-hydrogen) atoms. The fourth-order valence-corrected chi connectivity index (χ4v) is 11.9. The maximum Gasteiger partial charge on any atom is 0.303 e. The van der Waals surface area contributed by atoms with Crippen LogP contribution in [-0.4, -0.2) is 90.9 Å². The van der Waals surface area contributed by atoms with Gasteiger partial charge in [0.25, 0.3) is 0 Å². The van der Waals surface area contributed by atoms with Gasteiger partial charge in [0.15, 0.2) is 6.10 Å². The van der Waals surface area contributed by atoms with Crippen LogP contribution in [-0.2, 0) is 28.6 Å². The van der Waals surface area contributed by atoms with Gasteiger partial charge in [-0.2, -0.15) is 0 Å². The van der Waals surface area contributed by atoms with Crippen molar-refractivity contribution in [2.45, 2.75) is 136 Å². The minimum atomic E-state index is -0.201. The standard InChI is InChI=1S/C35H57N2O6.BrH/c1-22(38)41-26-12-15-36(16-13-26)30-21-35(5)25(19-32(30)42-23(2)39)9-10-27-28(35)11-14-34(4)29(27)20-31(33(34)43-24(3)40)37(6)17-7-8-18-37;/h25-33H,7-21H2,1-6H3;1H/q+1;/p-1/t25?,27-,28-,29+,30?,31?,32?,33?,34+,35+;/m1./s1. The van der Waals surface area contributed by atoms with Gasteiger partial charge in [0.2, 0.25) is 0 Å². The lowest BCUT2D eigenvalue weighted by Crippen LogP contribution is -3.00. The van der Waals surface area contributed by atoms with Crippen molar-refractivity contribution in [3.05, 3.63) is 0 Å². The number of nitrogens with zero attached hydrogens (tertiary/aromatic N) is 2. The summed E-state index contributed by atoms with van der Waals surface area (Å²) in [5.74, 6) is 1.93. The Morgan fingerprint density at radius 1 is 0.773 bits per heavy atom. The number of likely N-dealkylation sites (tertiary alicyclic amines) is 2. The first-order chi connectivity index (χ1) is 20.3. The van der Waals surface area contributed by atoms with Crippen LogP contribution in [0.4, 0.5) is 0 Å². The lowest BCUT2D eigenvalue weighted by molar-refractivity contribution is -0.924. The first kappa shape index (κ1) is 34.2. The number of rotatable bonds is 5. The summed E-state index contributed by atoms with van der Waals surface area (Å²) in [4.78, 5) is 38.9. The normalized spacial score (nSPS) is 43.5. The molecule has 0 aromatic rings. The average molecular weight is 682 g/mol. The molecule has 6 fully saturated rings. The number of carbonyl (C=O) groups excluding carboxylic acids is 3. The van der Waals surface area contributed by atoms with E-state index in [-0.39, 0.29) is 70.1 Å². The zero-order chi connectivity index (χ0) is 30.7. The third kappa shape index (κ3) is 6.00. The fraction of sp³-hybridized carbons (Fsp3) is 0.914. The molecule has 6 rings (SSSR count). The molecule has 0 spiro atoms. The van der Waals surface area contributed by atoms with Gasteiger partial charge < -0.3 is 35.7 Å². The Balaban J connectivity index is 0.00000384. The molecule has 8 nitrogen and oxygen atoms in total. The molecule has 0 aromatic carbocycles. The van der Waals surface area contributed by atoms with E-state index < -0.39 is 0 Å². The Kier molecular flexibility index (Phi) is 9.92. The Labute approximate surface area is 275 Å². The van der Waals surface area contributed by atoms with E-state index in [0.29, 0.717) is 29.7 Å². The van der Waals surface area contributed by atoms with E-state index in [0.717, 1.165) is 49.7 Å². The van der Waals surface area contributed by atoms with Crippen LogP contribution in [0.3, 0.4) is 0 Å². The number of esters is 3. The van der Waals surface area contributed by atoms with Crippen LogP contribution in [0.15, 0.2) is 0 Å². The van der Waals surface area contributed by atoms with Crippen molar-refractivity contribution in [3.63, 3.8) is 0 Å². The predicted molar refractivity (Wildman–Crippen MR) is 163 cm³/mol. The Morgan fingerprint density at radius 2 is 1.41 bits per heavy atom. The number of halogens is 1. The highest BCUT2D eigenvalue weighted by atomic mass is 79.9. The minimum Gasteiger partial charge on any atom is -1.00 e. The van der Waals surface area contributed by atoms with E-state index >= 15 is 0 Å². The van der Waals surface area contributed by atoms with Crippen molar-refractivity contribution >= 4 is 17.9 Å². The van der Waals surface area contributed by atoms with Gasteiger partial charge in [-0.25, -0.2) is 0 Å². The Hall–Kier alpha value is -1.19. The van der Waals surface area contributed by atoms with Gasteiger partial charge in [-0.3, -0.25) is 19.3 Å². The molecule has 0 radical (unpaired) electrons. The van der Waals surface area contributed by atoms with Gasteiger partial charge in [0.05, 0.1) is 20.1 Å². The molecule has 4 saturated carbocycles. The summed E-state index contributed by atoms with van der Waals surface area (Å²) in [6, 6.07) is 0.603. The number of piperidine rings is 1. The summed E-state index contributed by atoms with van der Waals surface area (Å²) in [5, 5.41) is 0. The number of fused-ring (bicyclic) bond motifs is 5. The molecular formula is C35H57BrN2O6. The molecule has 2 saturated heterocycles. The maximum atomic E-state index is 12.5. The van der Waals surface area contributed by atoms with Crippen LogP contribution >= 0.6 is 0 Å². The van der Waals surface area contributed by atoms with E-state index in [1.807, 2.05) is 0 Å². The first-order valence-corrected chi connectivity index (χ1v) is 17.4. The first-order valence-electron chi connectivity index (χ1n) is 17.4. The molecular weight excluding hydrogens is 624 g/mol. The van der Waals surface area contributed by atoms with Crippen LogP contribution in [0.25, 0.3) is 0 Å². The van der Waals surface area contributed by atoms with Crippen LogP contribution in [0.5, 0.6) is 0 Å². The highest BCUT2D eigenvalue weighted by Gasteiger charge is 2.67. The molecule has 10 atom stereocenters. The second-order valence-electron chi connectivity index (χ2n) is 16.2. The van der Waals surface area contributed by atoms with Crippen molar-refractivity contribution in [3.8, 4) is 0 Å². The van der Waals surface area contributed by atoms with Crippen molar-refractivity contribution in [2.24, 2.45) is 34.5 Å². The van der Waals surface area contributed by atoms with E-state index in [4.69, 9.17) is 14.2 Å². The van der Waals surface area contributed by atoms with Gasteiger partial charge in [0.1, 0.15) is 18.2 Å². The number of quaternary nitrogens is 1. The quantitative estimate of drug-likeness (QED) is 0.250. The van der Waals surface area contributed by atoms with Crippen molar-refractivity contribution < 1.29 is 50.1 Å². The molecule has 0 bridgehead atoms. The molecule has 2 heterocycles. The highest BCUT2D eigenvalue weighted by molar-refractivity contribution is 5.67. The smallest absolute Gasteiger partial charge is 0.303 e. The van der Waals surface area contributed by atoms with E-state index in [1.54, 1.807) is 13.8 Å². The van der Waals surface area contributed by atoms with Gasteiger partial charge >= 0.3 is 17.9 Å². The Morgan fingerprint density at radius 3 is 2.02 bits per heavy atom. The molecule has 5 unspecified atom stereocenters. The van der Waals surface area contributed by atoms with Gasteiger partial charge in [-0.05, 0) is 80.5 Å². The topological polar surface area (TPSA) is 82.1 Å². The maximum absolute atomic E-state index is 12.5. The third-order valence-corrected chi connectivity index (χ3v) is 13.9. The summed E-state index contributed by atoms with van der Waals surface area (Å²) in [5.41, 5.74) is 0.233. The Bertz CT molecular complexity index is 1090. The number of hydrogen-bond donors (Lipinski definition) is 0. The van der Waals surface area contributed by atoms with E-state index in [9.17, 15) is 14.4 Å². The fourth-order valence-electron chi connectivity index (χ4n) is 11.9. The van der Waals surface area contributed by atoms with Crippen LogP contribution in [0, 0.1) is 34.5 Å². The predicted octanol–water partition coefficient (Wildman–Crippen LogP) is 2.12. The van der Waals surface area contributed by atoms with Crippen molar-refractivity contribution in [2.75, 3.05) is 33.2 Å². The number of ether oxygens (including phenoxy) is 3. The number of carbonyl (C=O) groups is 3. The van der Waals surface area contributed by atoms with Gasteiger partial charge in [-0.1, -0.05) is 13.8 Å². The molecule has 0 N–H and O–H groups in total. The van der Waals surface area contributed by atoms with Gasteiger partial charge in [0, 0.05) is 64.6 Å². The molecule has 2 aliphatic heterocycles. The van der Waals surface area contributed by atoms with E-state index in [2.05, 4.69) is 25.8 Å². The molecule has 250 valence electrons. The monoisotopic (exact) mass is 680 g/mol. The summed E-state index contributed by atoms with van der Waals surface area (Å²) < 4.78 is 19.0. The SMILES string of the molecule is CC(=O)OC1CCN(C2C[C@@]3(C)C(CC[C@@H]4[C@H]3CC[C@]3(C)C(OC(C)=O)C([N+]5(C)CCCC5)C[C@@H]43)CC2OC(C)=O)CC1.[Br-]. The summed E-state index contributed by atoms with van der Waals surface area (Å²) in [6.07, 6.45) is 12.1. The van der Waals surface area contributed by atoms with Crippen LogP contribution < -0.4 is 17.0 Å². The summed E-state index contributed by atoms with van der Waals surface area (Å²) in [7, 11) is 2.43. The molecule has 0 amide bonds. The molecule has 0 aromatic heterocycles. The zero-order valence-electron chi connectivity index (χ0n) is 28.0. The van der Waals surface area contributed by atoms with Gasteiger partial charge in [-0.15, -0.1) is 0 Å². The minimum absolute atomic E-state index is 0. The number of likely N-dealkylation sites (N-methyl/N-ethyl adjacent to an activating group) is 1. The summed E-state index contributed by atoms with van der Waals surface area (Å²) in [6.45, 7) is 13.8. The van der Waals surface area contributed by atoms with E-state index in [1.165, 1.54) is 58.5 Å². The van der Waals surface area contributed by atoms with Crippen LogP contribution in [0.1, 0.15) is 105 Å². The van der Waals surface area contributed by atoms with Crippen molar-refractivity contribution in [1.82, 2.24) is 4.90 Å². The van der Waals surface area contributed by atoms with Crippen molar-refractivity contribution in [1.29, 1.82) is 0 Å².